The predicted molar refractivity (Wildman–Crippen MR) is 118 cm³/mol. The topological polar surface area (TPSA) is 44.1 Å². The standard InChI is InChI=1S/C22H24N2O2S2/c1-5-11-27-21-23-19-18(16-12-22(4,6-2)26-13-17(16)28-19)20(25)24(21)15-9-7-14(3)8-10-15/h5,7-10H,1,6,11-13H2,2-4H3/t22-/m0/s1. The van der Waals surface area contributed by atoms with Crippen LogP contribution in [0.4, 0.5) is 0 Å². The van der Waals surface area contributed by atoms with Crippen LogP contribution in [-0.2, 0) is 17.8 Å². The monoisotopic (exact) mass is 412 g/mol. The van der Waals surface area contributed by atoms with E-state index in [0.29, 0.717) is 17.5 Å². The van der Waals surface area contributed by atoms with Crippen LogP contribution >= 0.6 is 23.1 Å². The van der Waals surface area contributed by atoms with Crippen molar-refractivity contribution in [1.82, 2.24) is 9.55 Å². The number of rotatable bonds is 5. The third-order valence-electron chi connectivity index (χ3n) is 5.35. The Morgan fingerprint density at radius 2 is 2.14 bits per heavy atom. The summed E-state index contributed by atoms with van der Waals surface area (Å²) in [5, 5.41) is 1.46. The van der Waals surface area contributed by atoms with Crippen LogP contribution in [0, 0.1) is 6.92 Å². The van der Waals surface area contributed by atoms with E-state index in [1.54, 1.807) is 15.9 Å². The number of hydrogen-bond donors (Lipinski definition) is 0. The molecule has 1 aliphatic rings. The lowest BCUT2D eigenvalue weighted by Crippen LogP contribution is -2.34. The second-order valence-corrected chi connectivity index (χ2v) is 9.49. The van der Waals surface area contributed by atoms with E-state index in [1.165, 1.54) is 11.8 Å². The summed E-state index contributed by atoms with van der Waals surface area (Å²) in [6.45, 7) is 10.7. The number of aryl methyl sites for hydroxylation is 1. The van der Waals surface area contributed by atoms with Crippen LogP contribution in [0.5, 0.6) is 0 Å². The maximum atomic E-state index is 13.7. The molecule has 0 aliphatic carbocycles. The minimum Gasteiger partial charge on any atom is -0.369 e. The zero-order valence-electron chi connectivity index (χ0n) is 16.4. The van der Waals surface area contributed by atoms with Crippen LogP contribution in [0.15, 0.2) is 46.9 Å². The van der Waals surface area contributed by atoms with E-state index in [4.69, 9.17) is 9.72 Å². The number of aromatic nitrogens is 2. The Morgan fingerprint density at radius 3 is 2.82 bits per heavy atom. The van der Waals surface area contributed by atoms with Gasteiger partial charge in [0.2, 0.25) is 0 Å². The number of fused-ring (bicyclic) bond motifs is 3. The van der Waals surface area contributed by atoms with E-state index in [2.05, 4.69) is 20.4 Å². The summed E-state index contributed by atoms with van der Waals surface area (Å²) in [6.07, 6.45) is 3.50. The van der Waals surface area contributed by atoms with Crippen LogP contribution in [0.25, 0.3) is 15.9 Å². The van der Waals surface area contributed by atoms with Crippen molar-refractivity contribution in [3.05, 3.63) is 63.3 Å². The first-order chi connectivity index (χ1) is 13.5. The summed E-state index contributed by atoms with van der Waals surface area (Å²) < 4.78 is 7.84. The van der Waals surface area contributed by atoms with Crippen LogP contribution in [-0.4, -0.2) is 20.9 Å². The number of ether oxygens (including phenoxy) is 1. The molecule has 28 heavy (non-hydrogen) atoms. The highest BCUT2D eigenvalue weighted by Gasteiger charge is 2.33. The molecule has 0 N–H and O–H groups in total. The van der Waals surface area contributed by atoms with Gasteiger partial charge in [-0.1, -0.05) is 42.5 Å². The van der Waals surface area contributed by atoms with Gasteiger partial charge in [0.25, 0.3) is 5.56 Å². The van der Waals surface area contributed by atoms with Gasteiger partial charge >= 0.3 is 0 Å². The highest BCUT2D eigenvalue weighted by atomic mass is 32.2. The first-order valence-electron chi connectivity index (χ1n) is 9.48. The van der Waals surface area contributed by atoms with Gasteiger partial charge in [-0.25, -0.2) is 4.98 Å². The molecule has 3 aromatic rings. The van der Waals surface area contributed by atoms with Gasteiger partial charge in [0.15, 0.2) is 5.16 Å². The minimum absolute atomic E-state index is 0.0123. The van der Waals surface area contributed by atoms with Crippen molar-refractivity contribution in [2.75, 3.05) is 5.75 Å². The van der Waals surface area contributed by atoms with Crippen molar-refractivity contribution < 1.29 is 4.74 Å². The molecule has 0 radical (unpaired) electrons. The second-order valence-electron chi connectivity index (χ2n) is 7.42. The van der Waals surface area contributed by atoms with Gasteiger partial charge in [-0.05, 0) is 38.0 Å². The number of hydrogen-bond acceptors (Lipinski definition) is 5. The Bertz CT molecular complexity index is 1100. The number of thiophene rings is 1. The Morgan fingerprint density at radius 1 is 1.39 bits per heavy atom. The molecular formula is C22H24N2O2S2. The lowest BCUT2D eigenvalue weighted by Gasteiger charge is -2.32. The normalized spacial score (nSPS) is 19.0. The molecule has 0 saturated carbocycles. The summed E-state index contributed by atoms with van der Waals surface area (Å²) in [5.74, 6) is 0.700. The van der Waals surface area contributed by atoms with Gasteiger partial charge in [-0.15, -0.1) is 17.9 Å². The number of benzene rings is 1. The molecule has 0 unspecified atom stereocenters. The SMILES string of the molecule is C=CCSc1nc2sc3c(c2c(=O)n1-c1ccc(C)cc1)C[C@](C)(CC)OC3. The fourth-order valence-corrected chi connectivity index (χ4v) is 5.37. The number of thioether (sulfide) groups is 1. The third kappa shape index (κ3) is 3.34. The molecule has 0 amide bonds. The predicted octanol–water partition coefficient (Wildman–Crippen LogP) is 5.28. The molecule has 0 fully saturated rings. The van der Waals surface area contributed by atoms with Gasteiger partial charge in [0, 0.05) is 17.1 Å². The summed E-state index contributed by atoms with van der Waals surface area (Å²) in [6, 6.07) is 8.03. The van der Waals surface area contributed by atoms with Gasteiger partial charge in [-0.2, -0.15) is 0 Å². The summed E-state index contributed by atoms with van der Waals surface area (Å²) in [7, 11) is 0. The van der Waals surface area contributed by atoms with Crippen LogP contribution < -0.4 is 5.56 Å². The molecule has 4 rings (SSSR count). The zero-order chi connectivity index (χ0) is 19.9. The van der Waals surface area contributed by atoms with Crippen molar-refractivity contribution in [2.24, 2.45) is 0 Å². The third-order valence-corrected chi connectivity index (χ3v) is 7.38. The van der Waals surface area contributed by atoms with Crippen LogP contribution in [0.1, 0.15) is 36.3 Å². The molecule has 0 bridgehead atoms. The molecule has 3 heterocycles. The first kappa shape index (κ1) is 19.4. The van der Waals surface area contributed by atoms with Gasteiger partial charge in [0.1, 0.15) is 4.83 Å². The Kier molecular flexibility index (Phi) is 5.21. The van der Waals surface area contributed by atoms with E-state index < -0.39 is 0 Å². The lowest BCUT2D eigenvalue weighted by molar-refractivity contribution is -0.0543. The molecular weight excluding hydrogens is 388 g/mol. The first-order valence-corrected chi connectivity index (χ1v) is 11.3. The second kappa shape index (κ2) is 7.50. The van der Waals surface area contributed by atoms with Crippen molar-refractivity contribution in [1.29, 1.82) is 0 Å². The molecule has 146 valence electrons. The van der Waals surface area contributed by atoms with Crippen molar-refractivity contribution >= 4 is 33.3 Å². The van der Waals surface area contributed by atoms with E-state index >= 15 is 0 Å². The largest absolute Gasteiger partial charge is 0.369 e. The average molecular weight is 413 g/mol. The molecule has 4 nitrogen and oxygen atoms in total. The fourth-order valence-electron chi connectivity index (χ4n) is 3.48. The molecule has 1 aromatic carbocycles. The lowest BCUT2D eigenvalue weighted by atomic mass is 9.90. The summed E-state index contributed by atoms with van der Waals surface area (Å²) in [5.41, 5.74) is 2.92. The van der Waals surface area contributed by atoms with Crippen LogP contribution in [0.3, 0.4) is 0 Å². The number of nitrogens with zero attached hydrogens (tertiary/aromatic N) is 2. The van der Waals surface area contributed by atoms with Crippen molar-refractivity contribution in [2.45, 2.75) is 51.0 Å². The van der Waals surface area contributed by atoms with Gasteiger partial charge in [0.05, 0.1) is 23.3 Å². The Labute approximate surface area is 173 Å². The molecule has 6 heteroatoms. The summed E-state index contributed by atoms with van der Waals surface area (Å²) >= 11 is 3.13. The maximum Gasteiger partial charge on any atom is 0.267 e. The molecule has 1 atom stereocenters. The minimum atomic E-state index is -0.224. The van der Waals surface area contributed by atoms with E-state index in [0.717, 1.165) is 44.7 Å². The van der Waals surface area contributed by atoms with Gasteiger partial charge in [-0.3, -0.25) is 9.36 Å². The maximum absolute atomic E-state index is 13.7. The van der Waals surface area contributed by atoms with Crippen molar-refractivity contribution in [3.63, 3.8) is 0 Å². The van der Waals surface area contributed by atoms with E-state index in [9.17, 15) is 4.79 Å². The fraction of sp³-hybridized carbons (Fsp3) is 0.364. The molecule has 0 saturated heterocycles. The summed E-state index contributed by atoms with van der Waals surface area (Å²) in [4.78, 5) is 20.5. The smallest absolute Gasteiger partial charge is 0.267 e. The average Bonchev–Trinajstić information content (AvgIpc) is 3.05. The molecule has 1 aliphatic heterocycles. The highest BCUT2D eigenvalue weighted by Crippen LogP contribution is 2.39. The molecule has 2 aromatic heterocycles. The van der Waals surface area contributed by atoms with E-state index in [-0.39, 0.29) is 11.2 Å². The van der Waals surface area contributed by atoms with Crippen LogP contribution in [0.2, 0.25) is 0 Å². The van der Waals surface area contributed by atoms with E-state index in [1.807, 2.05) is 37.3 Å². The van der Waals surface area contributed by atoms with Gasteiger partial charge < -0.3 is 4.74 Å². The highest BCUT2D eigenvalue weighted by molar-refractivity contribution is 7.99. The zero-order valence-corrected chi connectivity index (χ0v) is 18.1. The molecule has 0 spiro atoms. The quantitative estimate of drug-likeness (QED) is 0.325. The Hall–Kier alpha value is -1.89. The Balaban J connectivity index is 1.97. The van der Waals surface area contributed by atoms with Crippen molar-refractivity contribution in [3.8, 4) is 5.69 Å².